The van der Waals surface area contributed by atoms with Crippen LogP contribution in [0, 0.1) is 0 Å². The Morgan fingerprint density at radius 2 is 2.00 bits per heavy atom. The first kappa shape index (κ1) is 8.48. The number of rotatable bonds is 3. The van der Waals surface area contributed by atoms with Crippen molar-refractivity contribution in [3.63, 3.8) is 0 Å². The van der Waals surface area contributed by atoms with E-state index >= 15 is 0 Å². The summed E-state index contributed by atoms with van der Waals surface area (Å²) < 4.78 is 5.27. The van der Waals surface area contributed by atoms with Crippen LogP contribution in [0.5, 0.6) is 0 Å². The molecule has 0 bridgehead atoms. The van der Waals surface area contributed by atoms with Crippen molar-refractivity contribution in [3.8, 4) is 0 Å². The van der Waals surface area contributed by atoms with Crippen molar-refractivity contribution in [2.45, 2.75) is 37.3 Å². The van der Waals surface area contributed by atoms with Crippen LogP contribution in [0.25, 0.3) is 0 Å². The highest BCUT2D eigenvalue weighted by atomic mass is 16.5. The van der Waals surface area contributed by atoms with Crippen LogP contribution in [0.1, 0.15) is 25.7 Å². The minimum absolute atomic E-state index is 0.0992. The molecule has 0 amide bonds. The number of hydrogen-bond donors (Lipinski definition) is 2. The van der Waals surface area contributed by atoms with E-state index in [9.17, 15) is 0 Å². The van der Waals surface area contributed by atoms with E-state index in [0.717, 1.165) is 38.9 Å². The molecule has 1 saturated heterocycles. The molecule has 0 atom stereocenters. The molecule has 0 aromatic carbocycles. The Labute approximate surface area is 73.1 Å². The summed E-state index contributed by atoms with van der Waals surface area (Å²) in [5.41, 5.74) is 0.0992. The molecule has 0 aromatic rings. The van der Waals surface area contributed by atoms with E-state index in [1.165, 1.54) is 0 Å². The third kappa shape index (κ3) is 1.79. The summed E-state index contributed by atoms with van der Waals surface area (Å²) in [6.07, 6.45) is 4.48. The molecule has 0 radical (unpaired) electrons. The van der Waals surface area contributed by atoms with E-state index in [1.807, 2.05) is 0 Å². The Morgan fingerprint density at radius 1 is 1.33 bits per heavy atom. The second-order valence-corrected chi connectivity index (χ2v) is 3.97. The molecule has 0 unspecified atom stereocenters. The molecule has 2 aliphatic rings. The minimum Gasteiger partial charge on any atom is -0.394 e. The monoisotopic (exact) mass is 171 g/mol. The highest BCUT2D eigenvalue weighted by Gasteiger charge is 2.43. The zero-order valence-electron chi connectivity index (χ0n) is 7.38. The summed E-state index contributed by atoms with van der Waals surface area (Å²) in [4.78, 5) is 0. The molecule has 1 aliphatic heterocycles. The van der Waals surface area contributed by atoms with Gasteiger partial charge in [-0.2, -0.15) is 0 Å². The Balaban J connectivity index is 1.77. The van der Waals surface area contributed by atoms with E-state index in [4.69, 9.17) is 9.84 Å². The summed E-state index contributed by atoms with van der Waals surface area (Å²) in [5.74, 6) is 0. The van der Waals surface area contributed by atoms with E-state index in [2.05, 4.69) is 5.32 Å². The van der Waals surface area contributed by atoms with Crippen molar-refractivity contribution in [1.82, 2.24) is 5.32 Å². The molecule has 1 saturated carbocycles. The van der Waals surface area contributed by atoms with Crippen molar-refractivity contribution in [1.29, 1.82) is 0 Å². The van der Waals surface area contributed by atoms with Gasteiger partial charge in [-0.15, -0.1) is 0 Å². The summed E-state index contributed by atoms with van der Waals surface area (Å²) in [5, 5.41) is 12.6. The number of hydrogen-bond acceptors (Lipinski definition) is 3. The first-order valence-electron chi connectivity index (χ1n) is 4.81. The molecule has 0 aromatic heterocycles. The normalized spacial score (nSPS) is 28.8. The summed E-state index contributed by atoms with van der Waals surface area (Å²) in [6.45, 7) is 2.04. The lowest BCUT2D eigenvalue weighted by atomic mass is 10.1. The maximum Gasteiger partial charge on any atom is 0.0613 e. The Kier molecular flexibility index (Phi) is 2.35. The maximum absolute atomic E-state index is 9.09. The fourth-order valence-corrected chi connectivity index (χ4v) is 1.77. The van der Waals surface area contributed by atoms with Gasteiger partial charge in [0.05, 0.1) is 6.61 Å². The van der Waals surface area contributed by atoms with Crippen LogP contribution in [0.15, 0.2) is 0 Å². The standard InChI is InChI=1S/C9H17NO2/c11-7-9(3-4-9)10-8-1-5-12-6-2-8/h8,10-11H,1-7H2. The topological polar surface area (TPSA) is 41.5 Å². The molecular weight excluding hydrogens is 154 g/mol. The van der Waals surface area contributed by atoms with Gasteiger partial charge in [-0.05, 0) is 25.7 Å². The molecule has 1 aliphatic carbocycles. The second-order valence-electron chi connectivity index (χ2n) is 3.97. The second kappa shape index (κ2) is 3.32. The predicted octanol–water partition coefficient (Wildman–Crippen LogP) is 0.280. The molecule has 3 nitrogen and oxygen atoms in total. The number of aliphatic hydroxyl groups is 1. The van der Waals surface area contributed by atoms with Crippen LogP contribution < -0.4 is 5.32 Å². The molecule has 70 valence electrons. The lowest BCUT2D eigenvalue weighted by Gasteiger charge is -2.27. The average molecular weight is 171 g/mol. The van der Waals surface area contributed by atoms with Crippen LogP contribution in [-0.4, -0.2) is 36.5 Å². The SMILES string of the molecule is OCC1(NC2CCOCC2)CC1. The van der Waals surface area contributed by atoms with Crippen LogP contribution in [0.3, 0.4) is 0 Å². The third-order valence-corrected chi connectivity index (χ3v) is 2.89. The fraction of sp³-hybridized carbons (Fsp3) is 1.00. The molecule has 12 heavy (non-hydrogen) atoms. The maximum atomic E-state index is 9.09. The minimum atomic E-state index is 0.0992. The Hall–Kier alpha value is -0.120. The molecular formula is C9H17NO2. The lowest BCUT2D eigenvalue weighted by Crippen LogP contribution is -2.45. The van der Waals surface area contributed by atoms with Gasteiger partial charge in [0.2, 0.25) is 0 Å². The third-order valence-electron chi connectivity index (χ3n) is 2.89. The molecule has 2 fully saturated rings. The number of ether oxygens (including phenoxy) is 1. The van der Waals surface area contributed by atoms with Crippen molar-refractivity contribution < 1.29 is 9.84 Å². The first-order valence-corrected chi connectivity index (χ1v) is 4.81. The Bertz CT molecular complexity index is 151. The first-order chi connectivity index (χ1) is 5.85. The summed E-state index contributed by atoms with van der Waals surface area (Å²) in [6, 6.07) is 0.577. The largest absolute Gasteiger partial charge is 0.394 e. The van der Waals surface area contributed by atoms with Crippen LogP contribution in [0.2, 0.25) is 0 Å². The van der Waals surface area contributed by atoms with E-state index in [0.29, 0.717) is 12.6 Å². The van der Waals surface area contributed by atoms with E-state index < -0.39 is 0 Å². The van der Waals surface area contributed by atoms with Gasteiger partial charge in [-0.3, -0.25) is 0 Å². The van der Waals surface area contributed by atoms with Gasteiger partial charge in [0.1, 0.15) is 0 Å². The van der Waals surface area contributed by atoms with Gasteiger partial charge < -0.3 is 15.2 Å². The number of aliphatic hydroxyl groups excluding tert-OH is 1. The van der Waals surface area contributed by atoms with Gasteiger partial charge in [-0.25, -0.2) is 0 Å². The van der Waals surface area contributed by atoms with Gasteiger partial charge in [-0.1, -0.05) is 0 Å². The highest BCUT2D eigenvalue weighted by molar-refractivity contribution is 5.03. The molecule has 1 heterocycles. The lowest BCUT2D eigenvalue weighted by molar-refractivity contribution is 0.0697. The number of nitrogens with one attached hydrogen (secondary N) is 1. The molecule has 2 N–H and O–H groups in total. The van der Waals surface area contributed by atoms with Crippen LogP contribution >= 0.6 is 0 Å². The van der Waals surface area contributed by atoms with Crippen LogP contribution in [-0.2, 0) is 4.74 Å². The molecule has 0 spiro atoms. The average Bonchev–Trinajstić information content (AvgIpc) is 2.88. The quantitative estimate of drug-likeness (QED) is 0.641. The van der Waals surface area contributed by atoms with Gasteiger partial charge in [0, 0.05) is 24.8 Å². The zero-order valence-corrected chi connectivity index (χ0v) is 7.38. The molecule has 2 rings (SSSR count). The fourth-order valence-electron chi connectivity index (χ4n) is 1.77. The summed E-state index contributed by atoms with van der Waals surface area (Å²) >= 11 is 0. The smallest absolute Gasteiger partial charge is 0.0613 e. The van der Waals surface area contributed by atoms with Gasteiger partial charge >= 0.3 is 0 Å². The van der Waals surface area contributed by atoms with Crippen molar-refractivity contribution in [3.05, 3.63) is 0 Å². The van der Waals surface area contributed by atoms with Crippen molar-refractivity contribution in [2.24, 2.45) is 0 Å². The van der Waals surface area contributed by atoms with Gasteiger partial charge in [0.15, 0.2) is 0 Å². The van der Waals surface area contributed by atoms with Gasteiger partial charge in [0.25, 0.3) is 0 Å². The van der Waals surface area contributed by atoms with E-state index in [-0.39, 0.29) is 5.54 Å². The Morgan fingerprint density at radius 3 is 2.50 bits per heavy atom. The summed E-state index contributed by atoms with van der Waals surface area (Å²) in [7, 11) is 0. The van der Waals surface area contributed by atoms with Crippen LogP contribution in [0.4, 0.5) is 0 Å². The van der Waals surface area contributed by atoms with Crippen molar-refractivity contribution in [2.75, 3.05) is 19.8 Å². The predicted molar refractivity (Wildman–Crippen MR) is 46.0 cm³/mol. The van der Waals surface area contributed by atoms with Crippen molar-refractivity contribution >= 4 is 0 Å². The zero-order chi connectivity index (χ0) is 8.44. The highest BCUT2D eigenvalue weighted by Crippen LogP contribution is 2.35. The van der Waals surface area contributed by atoms with E-state index in [1.54, 1.807) is 0 Å². The molecule has 3 heteroatoms.